The Morgan fingerprint density at radius 2 is 2.10 bits per heavy atom. The Kier molecular flexibility index (Phi) is 3.43. The molecule has 1 N–H and O–H groups in total. The Morgan fingerprint density at radius 3 is 2.57 bits per heavy atom. The van der Waals surface area contributed by atoms with Crippen LogP contribution in [-0.4, -0.2) is 47.4 Å². The molecule has 2 heterocycles. The van der Waals surface area contributed by atoms with E-state index in [1.807, 2.05) is 0 Å². The zero-order valence-electron chi connectivity index (χ0n) is 13.6. The van der Waals surface area contributed by atoms with Crippen LogP contribution in [-0.2, 0) is 4.79 Å². The minimum absolute atomic E-state index is 0.0394. The van der Waals surface area contributed by atoms with Crippen molar-refractivity contribution in [2.75, 3.05) is 20.6 Å². The predicted octanol–water partition coefficient (Wildman–Crippen LogP) is 2.36. The highest BCUT2D eigenvalue weighted by Crippen LogP contribution is 2.47. The molecule has 1 aromatic heterocycles. The van der Waals surface area contributed by atoms with Crippen molar-refractivity contribution in [3.8, 4) is 0 Å². The molecule has 5 heteroatoms. The van der Waals surface area contributed by atoms with Crippen molar-refractivity contribution in [3.63, 3.8) is 0 Å². The van der Waals surface area contributed by atoms with E-state index < -0.39 is 0 Å². The third-order valence-corrected chi connectivity index (χ3v) is 6.00. The number of amides is 1. The summed E-state index contributed by atoms with van der Waals surface area (Å²) in [4.78, 5) is 19.6. The number of rotatable bonds is 4. The maximum absolute atomic E-state index is 12.8. The lowest BCUT2D eigenvalue weighted by Gasteiger charge is -2.38. The van der Waals surface area contributed by atoms with Gasteiger partial charge in [-0.25, -0.2) is 0 Å². The highest BCUT2D eigenvalue weighted by atomic mass is 32.1. The van der Waals surface area contributed by atoms with Crippen LogP contribution in [0, 0.1) is 6.92 Å². The highest BCUT2D eigenvalue weighted by molar-refractivity contribution is 7.12. The van der Waals surface area contributed by atoms with E-state index in [4.69, 9.17) is 0 Å². The first-order valence-corrected chi connectivity index (χ1v) is 8.39. The zero-order chi connectivity index (χ0) is 15.4. The molecule has 0 bridgehead atoms. The second kappa shape index (κ2) is 4.80. The maximum atomic E-state index is 12.8. The van der Waals surface area contributed by atoms with Crippen molar-refractivity contribution < 1.29 is 4.79 Å². The largest absolute Gasteiger partial charge is 0.319 e. The van der Waals surface area contributed by atoms with E-state index in [2.05, 4.69) is 62.1 Å². The Morgan fingerprint density at radius 1 is 1.43 bits per heavy atom. The van der Waals surface area contributed by atoms with E-state index in [1.165, 1.54) is 9.75 Å². The quantitative estimate of drug-likeness (QED) is 0.927. The molecule has 1 atom stereocenters. The molecular weight excluding hydrogens is 282 g/mol. The van der Waals surface area contributed by atoms with Crippen molar-refractivity contribution in [1.29, 1.82) is 0 Å². The summed E-state index contributed by atoms with van der Waals surface area (Å²) in [7, 11) is 4.15. The molecule has 116 valence electrons. The van der Waals surface area contributed by atoms with Gasteiger partial charge in [-0.05, 0) is 59.8 Å². The van der Waals surface area contributed by atoms with E-state index in [0.717, 1.165) is 19.4 Å². The average Bonchev–Trinajstić information content (AvgIpc) is 2.99. The number of hydrogen-bond donors (Lipinski definition) is 1. The van der Waals surface area contributed by atoms with Gasteiger partial charge in [0.1, 0.15) is 11.7 Å². The molecule has 3 rings (SSSR count). The monoisotopic (exact) mass is 307 g/mol. The molecule has 1 spiro atoms. The van der Waals surface area contributed by atoms with E-state index in [1.54, 1.807) is 11.3 Å². The van der Waals surface area contributed by atoms with Gasteiger partial charge >= 0.3 is 0 Å². The Balaban J connectivity index is 1.89. The fourth-order valence-electron chi connectivity index (χ4n) is 2.82. The normalized spacial score (nSPS) is 24.4. The van der Waals surface area contributed by atoms with Crippen LogP contribution in [0.1, 0.15) is 42.6 Å². The molecule has 1 aliphatic heterocycles. The zero-order valence-corrected chi connectivity index (χ0v) is 14.4. The number of aryl methyl sites for hydroxylation is 1. The van der Waals surface area contributed by atoms with Crippen LogP contribution < -0.4 is 5.32 Å². The second-order valence-corrected chi connectivity index (χ2v) is 8.54. The molecule has 2 aliphatic rings. The first-order valence-electron chi connectivity index (χ1n) is 7.58. The summed E-state index contributed by atoms with van der Waals surface area (Å²) in [5, 5.41) is 3.60. The van der Waals surface area contributed by atoms with Gasteiger partial charge in [-0.2, -0.15) is 0 Å². The van der Waals surface area contributed by atoms with Crippen LogP contribution in [0.5, 0.6) is 0 Å². The standard InChI is InChI=1S/C16H25N3OS/c1-11-6-7-12(21-11)13-17-16(8-9-16)14(20)19(13)10-15(2,3)18(4)5/h6-7,13,17H,8-10H2,1-5H3. The average molecular weight is 307 g/mol. The van der Waals surface area contributed by atoms with E-state index in [0.29, 0.717) is 0 Å². The number of thiophene rings is 1. The number of nitrogens with zero attached hydrogens (tertiary/aromatic N) is 2. The third-order valence-electron chi connectivity index (χ3n) is 4.94. The summed E-state index contributed by atoms with van der Waals surface area (Å²) >= 11 is 1.78. The van der Waals surface area contributed by atoms with Crippen molar-refractivity contribution in [2.24, 2.45) is 0 Å². The van der Waals surface area contributed by atoms with Gasteiger partial charge in [0.15, 0.2) is 0 Å². The minimum Gasteiger partial charge on any atom is -0.319 e. The minimum atomic E-state index is -0.259. The molecule has 2 fully saturated rings. The summed E-state index contributed by atoms with van der Waals surface area (Å²) in [6.07, 6.45) is 2.00. The Bertz CT molecular complexity index is 560. The number of hydrogen-bond acceptors (Lipinski definition) is 4. The second-order valence-electron chi connectivity index (χ2n) is 7.22. The summed E-state index contributed by atoms with van der Waals surface area (Å²) in [6, 6.07) is 4.29. The number of carbonyl (C=O) groups is 1. The van der Waals surface area contributed by atoms with Crippen LogP contribution in [0.15, 0.2) is 12.1 Å². The molecular formula is C16H25N3OS. The van der Waals surface area contributed by atoms with Gasteiger partial charge < -0.3 is 9.80 Å². The number of likely N-dealkylation sites (N-methyl/N-ethyl adjacent to an activating group) is 1. The van der Waals surface area contributed by atoms with Gasteiger partial charge in [0.2, 0.25) is 5.91 Å². The van der Waals surface area contributed by atoms with Gasteiger partial charge in [0, 0.05) is 21.8 Å². The Hall–Kier alpha value is -0.910. The van der Waals surface area contributed by atoms with Crippen molar-refractivity contribution in [1.82, 2.24) is 15.1 Å². The van der Waals surface area contributed by atoms with Crippen LogP contribution in [0.2, 0.25) is 0 Å². The van der Waals surface area contributed by atoms with Gasteiger partial charge in [-0.15, -0.1) is 11.3 Å². The van der Waals surface area contributed by atoms with E-state index >= 15 is 0 Å². The summed E-state index contributed by atoms with van der Waals surface area (Å²) in [5.74, 6) is 0.286. The van der Waals surface area contributed by atoms with Crippen molar-refractivity contribution in [3.05, 3.63) is 21.9 Å². The van der Waals surface area contributed by atoms with Crippen LogP contribution in [0.25, 0.3) is 0 Å². The SMILES string of the molecule is Cc1ccc(C2NC3(CC3)C(=O)N2CC(C)(C)N(C)C)s1. The van der Waals surface area contributed by atoms with Crippen LogP contribution in [0.4, 0.5) is 0 Å². The lowest BCUT2D eigenvalue weighted by atomic mass is 10.0. The molecule has 1 amide bonds. The molecule has 4 nitrogen and oxygen atoms in total. The third kappa shape index (κ3) is 2.51. The first kappa shape index (κ1) is 15.0. The fourth-order valence-corrected chi connectivity index (χ4v) is 3.76. The highest BCUT2D eigenvalue weighted by Gasteiger charge is 2.60. The lowest BCUT2D eigenvalue weighted by molar-refractivity contribution is -0.132. The maximum Gasteiger partial charge on any atom is 0.244 e. The molecule has 1 unspecified atom stereocenters. The fraction of sp³-hybridized carbons (Fsp3) is 0.688. The van der Waals surface area contributed by atoms with Crippen molar-refractivity contribution >= 4 is 17.2 Å². The first-order chi connectivity index (χ1) is 9.75. The van der Waals surface area contributed by atoms with Crippen LogP contribution >= 0.6 is 11.3 Å². The summed E-state index contributed by atoms with van der Waals surface area (Å²) < 4.78 is 0. The van der Waals surface area contributed by atoms with Crippen molar-refractivity contribution in [2.45, 2.75) is 50.9 Å². The summed E-state index contributed by atoms with van der Waals surface area (Å²) in [6.45, 7) is 7.24. The smallest absolute Gasteiger partial charge is 0.244 e. The van der Waals surface area contributed by atoms with Crippen LogP contribution in [0.3, 0.4) is 0 Å². The predicted molar refractivity (Wildman–Crippen MR) is 86.4 cm³/mol. The van der Waals surface area contributed by atoms with E-state index in [9.17, 15) is 4.79 Å². The molecule has 1 saturated carbocycles. The van der Waals surface area contributed by atoms with E-state index in [-0.39, 0.29) is 23.2 Å². The number of carbonyl (C=O) groups excluding carboxylic acids is 1. The lowest BCUT2D eigenvalue weighted by Crippen LogP contribution is -2.50. The van der Waals surface area contributed by atoms with Gasteiger partial charge in [-0.1, -0.05) is 0 Å². The molecule has 1 aliphatic carbocycles. The molecule has 0 radical (unpaired) electrons. The van der Waals surface area contributed by atoms with Gasteiger partial charge in [-0.3, -0.25) is 10.1 Å². The number of nitrogens with one attached hydrogen (secondary N) is 1. The van der Waals surface area contributed by atoms with Gasteiger partial charge in [0.25, 0.3) is 0 Å². The topological polar surface area (TPSA) is 35.6 Å². The van der Waals surface area contributed by atoms with Gasteiger partial charge in [0.05, 0.1) is 0 Å². The molecule has 1 aromatic rings. The summed E-state index contributed by atoms with van der Waals surface area (Å²) in [5.41, 5.74) is -0.298. The molecule has 0 aromatic carbocycles. The molecule has 1 saturated heterocycles. The Labute approximate surface area is 131 Å². The molecule has 21 heavy (non-hydrogen) atoms.